The molecule has 0 aromatic carbocycles. The molecule has 102 valence electrons. The van der Waals surface area contributed by atoms with Crippen molar-refractivity contribution in [2.75, 3.05) is 44.4 Å². The maximum atomic E-state index is 12.0. The van der Waals surface area contributed by atoms with E-state index in [0.717, 1.165) is 5.00 Å². The zero-order valence-electron chi connectivity index (χ0n) is 11.3. The fourth-order valence-electron chi connectivity index (χ4n) is 1.67. The lowest BCUT2D eigenvalue weighted by molar-refractivity contribution is -0.129. The number of rotatable bonds is 6. The fraction of sp³-hybridized carbons (Fsp3) is 0.636. The predicted octanol–water partition coefficient (Wildman–Crippen LogP) is 1.04. The highest BCUT2D eigenvalue weighted by Crippen LogP contribution is 2.37. The Morgan fingerprint density at radius 3 is 2.56 bits per heavy atom. The topological polar surface area (TPSA) is 71.7 Å². The van der Waals surface area contributed by atoms with Crippen LogP contribution in [0, 0.1) is 0 Å². The van der Waals surface area contributed by atoms with Crippen LogP contribution in [0.15, 0.2) is 0 Å². The van der Waals surface area contributed by atoms with E-state index in [2.05, 4.69) is 4.37 Å². The van der Waals surface area contributed by atoms with Crippen LogP contribution in [-0.2, 0) is 4.79 Å². The predicted molar refractivity (Wildman–Crippen MR) is 74.3 cm³/mol. The standard InChI is InChI=1S/C11H20N4O2S/c1-5-15(6-2)8(16)7-14(3)11-9(17-4)10(12)13-18-11/h5-7H2,1-4H3,(H2,12,13). The third kappa shape index (κ3) is 3.04. The first-order valence-electron chi connectivity index (χ1n) is 5.83. The number of nitrogens with two attached hydrogens (primary N) is 1. The van der Waals surface area contributed by atoms with Crippen molar-refractivity contribution in [3.63, 3.8) is 0 Å². The van der Waals surface area contributed by atoms with Gasteiger partial charge in [0, 0.05) is 20.1 Å². The molecule has 0 aliphatic heterocycles. The number of hydrogen-bond acceptors (Lipinski definition) is 6. The van der Waals surface area contributed by atoms with Crippen molar-refractivity contribution in [2.45, 2.75) is 13.8 Å². The molecule has 0 radical (unpaired) electrons. The van der Waals surface area contributed by atoms with Crippen molar-refractivity contribution in [3.05, 3.63) is 0 Å². The zero-order valence-corrected chi connectivity index (χ0v) is 12.1. The zero-order chi connectivity index (χ0) is 13.7. The lowest BCUT2D eigenvalue weighted by atomic mass is 10.4. The van der Waals surface area contributed by atoms with Crippen LogP contribution < -0.4 is 15.4 Å². The highest BCUT2D eigenvalue weighted by molar-refractivity contribution is 7.11. The lowest BCUT2D eigenvalue weighted by Crippen LogP contribution is -2.38. The molecule has 1 heterocycles. The second-order valence-electron chi connectivity index (χ2n) is 3.83. The van der Waals surface area contributed by atoms with Gasteiger partial charge in [-0.15, -0.1) is 0 Å². The number of amides is 1. The summed E-state index contributed by atoms with van der Waals surface area (Å²) in [4.78, 5) is 15.6. The van der Waals surface area contributed by atoms with Gasteiger partial charge in [0.25, 0.3) is 0 Å². The van der Waals surface area contributed by atoms with E-state index in [-0.39, 0.29) is 5.91 Å². The highest BCUT2D eigenvalue weighted by atomic mass is 32.1. The Hall–Kier alpha value is -1.50. The van der Waals surface area contributed by atoms with Gasteiger partial charge in [-0.25, -0.2) is 0 Å². The van der Waals surface area contributed by atoms with Gasteiger partial charge >= 0.3 is 0 Å². The molecule has 0 saturated heterocycles. The Labute approximate surface area is 111 Å². The number of nitrogen functional groups attached to an aromatic ring is 1. The summed E-state index contributed by atoms with van der Waals surface area (Å²) in [5.41, 5.74) is 5.68. The Morgan fingerprint density at radius 1 is 1.44 bits per heavy atom. The second kappa shape index (κ2) is 6.44. The van der Waals surface area contributed by atoms with Crippen molar-refractivity contribution in [1.82, 2.24) is 9.27 Å². The van der Waals surface area contributed by atoms with Gasteiger partial charge in [0.15, 0.2) is 16.6 Å². The van der Waals surface area contributed by atoms with E-state index in [0.29, 0.717) is 31.2 Å². The summed E-state index contributed by atoms with van der Waals surface area (Å²) in [5.74, 6) is 0.978. The number of methoxy groups -OCH3 is 1. The first kappa shape index (κ1) is 14.6. The van der Waals surface area contributed by atoms with E-state index in [1.807, 2.05) is 25.8 Å². The van der Waals surface area contributed by atoms with Crippen molar-refractivity contribution in [3.8, 4) is 5.75 Å². The molecule has 1 aromatic heterocycles. The van der Waals surface area contributed by atoms with Crippen LogP contribution in [0.4, 0.5) is 10.8 Å². The third-order valence-corrected chi connectivity index (χ3v) is 3.65. The first-order valence-corrected chi connectivity index (χ1v) is 6.60. The van der Waals surface area contributed by atoms with Crippen LogP contribution in [-0.4, -0.2) is 49.0 Å². The third-order valence-electron chi connectivity index (χ3n) is 2.70. The molecule has 1 rings (SSSR count). The molecule has 18 heavy (non-hydrogen) atoms. The van der Waals surface area contributed by atoms with Crippen molar-refractivity contribution in [1.29, 1.82) is 0 Å². The number of carbonyl (C=O) groups excluding carboxylic acids is 1. The maximum absolute atomic E-state index is 12.0. The van der Waals surface area contributed by atoms with Crippen LogP contribution in [0.25, 0.3) is 0 Å². The van der Waals surface area contributed by atoms with E-state index < -0.39 is 0 Å². The lowest BCUT2D eigenvalue weighted by Gasteiger charge is -2.23. The van der Waals surface area contributed by atoms with Crippen LogP contribution >= 0.6 is 11.5 Å². The van der Waals surface area contributed by atoms with Gasteiger partial charge in [0.1, 0.15) is 0 Å². The van der Waals surface area contributed by atoms with Gasteiger partial charge in [-0.05, 0) is 25.4 Å². The molecule has 0 unspecified atom stereocenters. The number of aromatic nitrogens is 1. The maximum Gasteiger partial charge on any atom is 0.242 e. The molecule has 0 spiro atoms. The number of likely N-dealkylation sites (N-methyl/N-ethyl adjacent to an activating group) is 2. The smallest absolute Gasteiger partial charge is 0.242 e. The monoisotopic (exact) mass is 272 g/mol. The molecule has 0 bridgehead atoms. The van der Waals surface area contributed by atoms with Crippen LogP contribution in [0.2, 0.25) is 0 Å². The second-order valence-corrected chi connectivity index (χ2v) is 4.58. The van der Waals surface area contributed by atoms with Gasteiger partial charge in [-0.1, -0.05) is 0 Å². The number of anilines is 2. The summed E-state index contributed by atoms with van der Waals surface area (Å²) >= 11 is 1.23. The summed E-state index contributed by atoms with van der Waals surface area (Å²) in [6.07, 6.45) is 0. The molecule has 0 fully saturated rings. The average molecular weight is 272 g/mol. The van der Waals surface area contributed by atoms with Crippen LogP contribution in [0.5, 0.6) is 5.75 Å². The molecule has 0 aliphatic carbocycles. The summed E-state index contributed by atoms with van der Waals surface area (Å²) in [6.45, 7) is 5.65. The number of carbonyl (C=O) groups is 1. The van der Waals surface area contributed by atoms with Gasteiger partial charge in [-0.2, -0.15) is 4.37 Å². The molecule has 0 atom stereocenters. The van der Waals surface area contributed by atoms with Crippen molar-refractivity contribution in [2.24, 2.45) is 0 Å². The van der Waals surface area contributed by atoms with Gasteiger partial charge in [0.05, 0.1) is 13.7 Å². The largest absolute Gasteiger partial charge is 0.490 e. The molecule has 6 nitrogen and oxygen atoms in total. The van der Waals surface area contributed by atoms with Crippen LogP contribution in [0.1, 0.15) is 13.8 Å². The summed E-state index contributed by atoms with van der Waals surface area (Å²) in [6, 6.07) is 0. The van der Waals surface area contributed by atoms with E-state index in [9.17, 15) is 4.79 Å². The minimum absolute atomic E-state index is 0.0801. The molecular formula is C11H20N4O2S. The summed E-state index contributed by atoms with van der Waals surface area (Å²) in [7, 11) is 3.38. The Morgan fingerprint density at radius 2 is 2.06 bits per heavy atom. The van der Waals surface area contributed by atoms with Crippen LogP contribution in [0.3, 0.4) is 0 Å². The minimum Gasteiger partial charge on any atom is -0.490 e. The Bertz CT molecular complexity index is 404. The highest BCUT2D eigenvalue weighted by Gasteiger charge is 2.19. The summed E-state index contributed by atoms with van der Waals surface area (Å²) in [5, 5.41) is 0.774. The Kier molecular flexibility index (Phi) is 5.21. The van der Waals surface area contributed by atoms with Gasteiger partial charge in [0.2, 0.25) is 5.91 Å². The number of nitrogens with zero attached hydrogens (tertiary/aromatic N) is 3. The van der Waals surface area contributed by atoms with E-state index in [1.54, 1.807) is 12.0 Å². The van der Waals surface area contributed by atoms with E-state index in [4.69, 9.17) is 10.5 Å². The fourth-order valence-corrected chi connectivity index (χ4v) is 2.41. The Balaban J connectivity index is 2.76. The van der Waals surface area contributed by atoms with Gasteiger partial charge < -0.3 is 20.3 Å². The van der Waals surface area contributed by atoms with E-state index in [1.165, 1.54) is 11.5 Å². The first-order chi connectivity index (χ1) is 8.54. The van der Waals surface area contributed by atoms with Crippen molar-refractivity contribution < 1.29 is 9.53 Å². The normalized spacial score (nSPS) is 10.2. The molecule has 1 aromatic rings. The average Bonchev–Trinajstić information content (AvgIpc) is 2.71. The SMILES string of the molecule is CCN(CC)C(=O)CN(C)c1snc(N)c1OC. The van der Waals surface area contributed by atoms with Gasteiger partial charge in [-0.3, -0.25) is 4.79 Å². The van der Waals surface area contributed by atoms with Crippen molar-refractivity contribution >= 4 is 28.3 Å². The molecule has 0 saturated carbocycles. The number of ether oxygens (including phenoxy) is 1. The van der Waals surface area contributed by atoms with E-state index >= 15 is 0 Å². The molecule has 1 amide bonds. The molecular weight excluding hydrogens is 252 g/mol. The minimum atomic E-state index is 0.0801. The molecule has 2 N–H and O–H groups in total. The summed E-state index contributed by atoms with van der Waals surface area (Å²) < 4.78 is 9.22. The quantitative estimate of drug-likeness (QED) is 0.837. The molecule has 0 aliphatic rings. The number of hydrogen-bond donors (Lipinski definition) is 1. The molecule has 7 heteroatoms.